The van der Waals surface area contributed by atoms with Crippen molar-refractivity contribution in [2.75, 3.05) is 39.4 Å². The first kappa shape index (κ1) is 26.6. The molecule has 0 aliphatic carbocycles. The molecule has 3 aromatic carbocycles. The Bertz CT molecular complexity index is 1450. The van der Waals surface area contributed by atoms with Crippen LogP contribution in [0.3, 0.4) is 0 Å². The second kappa shape index (κ2) is 12.3. The van der Waals surface area contributed by atoms with E-state index >= 15 is 0 Å². The van der Waals surface area contributed by atoms with Crippen LogP contribution in [0.5, 0.6) is 5.75 Å². The number of aliphatic hydroxyl groups is 1. The molecule has 4 N–H and O–H groups in total. The van der Waals surface area contributed by atoms with E-state index in [4.69, 9.17) is 9.84 Å². The van der Waals surface area contributed by atoms with Crippen LogP contribution in [0.2, 0.25) is 0 Å². The maximum atomic E-state index is 13.5. The average Bonchev–Trinajstić information content (AvgIpc) is 3.41. The topological polar surface area (TPSA) is 116 Å². The lowest BCUT2D eigenvalue weighted by molar-refractivity contribution is 0.199. The number of nitrogens with one attached hydrogen (secondary N) is 3. The van der Waals surface area contributed by atoms with Gasteiger partial charge in [-0.05, 0) is 74.3 Å². The molecule has 2 atom stereocenters. The number of rotatable bonds is 6. The molecular formula is C29H36N4O4S. The Labute approximate surface area is 223 Å². The SMILES string of the molecule is O=S(=O)(c1cccc2ccccc12)c1[nH]nc2ccc(OCC3CCCNC3)cc12.OCC1CCCNC1. The maximum Gasteiger partial charge on any atom is 0.224 e. The van der Waals surface area contributed by atoms with E-state index in [9.17, 15) is 8.42 Å². The Morgan fingerprint density at radius 3 is 2.34 bits per heavy atom. The van der Waals surface area contributed by atoms with Gasteiger partial charge in [0.25, 0.3) is 0 Å². The Morgan fingerprint density at radius 2 is 1.63 bits per heavy atom. The van der Waals surface area contributed by atoms with Crippen molar-refractivity contribution in [3.63, 3.8) is 0 Å². The minimum Gasteiger partial charge on any atom is -0.493 e. The smallest absolute Gasteiger partial charge is 0.224 e. The summed E-state index contributed by atoms with van der Waals surface area (Å²) in [4.78, 5) is 0.269. The van der Waals surface area contributed by atoms with E-state index in [1.165, 1.54) is 12.8 Å². The molecule has 3 heterocycles. The fraction of sp³-hybridized carbons (Fsp3) is 0.414. The first-order valence-electron chi connectivity index (χ1n) is 13.4. The van der Waals surface area contributed by atoms with Gasteiger partial charge in [0.05, 0.1) is 17.0 Å². The van der Waals surface area contributed by atoms with Crippen LogP contribution in [-0.2, 0) is 9.84 Å². The van der Waals surface area contributed by atoms with Gasteiger partial charge in [-0.25, -0.2) is 8.42 Å². The Kier molecular flexibility index (Phi) is 8.58. The van der Waals surface area contributed by atoms with Crippen LogP contribution in [0.25, 0.3) is 21.7 Å². The van der Waals surface area contributed by atoms with Crippen LogP contribution in [0, 0.1) is 11.8 Å². The third kappa shape index (κ3) is 6.02. The van der Waals surface area contributed by atoms with Gasteiger partial charge < -0.3 is 20.5 Å². The molecule has 2 fully saturated rings. The van der Waals surface area contributed by atoms with Crippen LogP contribution in [0.15, 0.2) is 70.6 Å². The van der Waals surface area contributed by atoms with Crippen molar-refractivity contribution in [1.29, 1.82) is 0 Å². The number of hydrogen-bond donors (Lipinski definition) is 4. The van der Waals surface area contributed by atoms with Crippen molar-refractivity contribution >= 4 is 31.5 Å². The summed E-state index contributed by atoms with van der Waals surface area (Å²) in [7, 11) is -3.78. The Hall–Kier alpha value is -2.98. The number of benzene rings is 3. The average molecular weight is 537 g/mol. The minimum atomic E-state index is -3.78. The molecule has 6 rings (SSSR count). The van der Waals surface area contributed by atoms with Crippen molar-refractivity contribution in [3.8, 4) is 5.75 Å². The first-order chi connectivity index (χ1) is 18.6. The fourth-order valence-corrected chi connectivity index (χ4v) is 6.73. The molecule has 202 valence electrons. The van der Waals surface area contributed by atoms with E-state index in [0.29, 0.717) is 47.1 Å². The molecule has 0 radical (unpaired) electrons. The maximum absolute atomic E-state index is 13.5. The molecule has 8 nitrogen and oxygen atoms in total. The molecular weight excluding hydrogens is 500 g/mol. The van der Waals surface area contributed by atoms with Gasteiger partial charge in [-0.2, -0.15) is 5.10 Å². The zero-order valence-electron chi connectivity index (χ0n) is 21.5. The largest absolute Gasteiger partial charge is 0.493 e. The fourth-order valence-electron chi connectivity index (χ4n) is 5.16. The summed E-state index contributed by atoms with van der Waals surface area (Å²) in [6.07, 6.45) is 4.72. The van der Waals surface area contributed by atoms with Crippen molar-refractivity contribution in [2.45, 2.75) is 35.6 Å². The minimum absolute atomic E-state index is 0.0960. The predicted molar refractivity (Wildman–Crippen MR) is 149 cm³/mol. The van der Waals surface area contributed by atoms with Gasteiger partial charge in [0.15, 0.2) is 5.03 Å². The molecule has 0 bridgehead atoms. The van der Waals surface area contributed by atoms with Crippen molar-refractivity contribution in [1.82, 2.24) is 20.8 Å². The number of fused-ring (bicyclic) bond motifs is 2. The number of sulfone groups is 1. The second-order valence-electron chi connectivity index (χ2n) is 10.1. The first-order valence-corrected chi connectivity index (χ1v) is 14.9. The molecule has 2 unspecified atom stereocenters. The predicted octanol–water partition coefficient (Wildman–Crippen LogP) is 3.91. The third-order valence-electron chi connectivity index (χ3n) is 7.34. The number of aromatic amines is 1. The van der Waals surface area contributed by atoms with Crippen LogP contribution >= 0.6 is 0 Å². The van der Waals surface area contributed by atoms with Crippen molar-refractivity contribution in [2.24, 2.45) is 11.8 Å². The van der Waals surface area contributed by atoms with E-state index in [0.717, 1.165) is 44.4 Å². The summed E-state index contributed by atoms with van der Waals surface area (Å²) < 4.78 is 33.0. The van der Waals surface area contributed by atoms with Crippen LogP contribution < -0.4 is 15.4 Å². The van der Waals surface area contributed by atoms with Gasteiger partial charge in [-0.15, -0.1) is 0 Å². The van der Waals surface area contributed by atoms with Crippen LogP contribution in [-0.4, -0.2) is 63.1 Å². The van der Waals surface area contributed by atoms with E-state index in [1.54, 1.807) is 24.3 Å². The highest BCUT2D eigenvalue weighted by Crippen LogP contribution is 2.32. The summed E-state index contributed by atoms with van der Waals surface area (Å²) in [5.41, 5.74) is 0.598. The van der Waals surface area contributed by atoms with Crippen LogP contribution in [0.4, 0.5) is 0 Å². The van der Waals surface area contributed by atoms with Gasteiger partial charge in [-0.3, -0.25) is 5.10 Å². The highest BCUT2D eigenvalue weighted by molar-refractivity contribution is 7.91. The third-order valence-corrected chi connectivity index (χ3v) is 9.12. The monoisotopic (exact) mass is 536 g/mol. The quantitative estimate of drug-likeness (QED) is 0.295. The molecule has 4 aromatic rings. The van der Waals surface area contributed by atoms with Gasteiger partial charge in [0, 0.05) is 36.4 Å². The normalized spacial score (nSPS) is 20.1. The summed E-state index contributed by atoms with van der Waals surface area (Å²) in [6.45, 7) is 5.13. The number of aliphatic hydroxyl groups excluding tert-OH is 1. The number of aromatic nitrogens is 2. The Balaban J connectivity index is 0.000000316. The number of hydrogen-bond acceptors (Lipinski definition) is 7. The van der Waals surface area contributed by atoms with Crippen molar-refractivity contribution < 1.29 is 18.3 Å². The summed E-state index contributed by atoms with van der Waals surface area (Å²) in [6, 6.07) is 18.2. The number of piperidine rings is 2. The van der Waals surface area contributed by atoms with E-state index in [-0.39, 0.29) is 9.92 Å². The molecule has 0 amide bonds. The number of ether oxygens (including phenoxy) is 1. The molecule has 9 heteroatoms. The van der Waals surface area contributed by atoms with E-state index in [1.807, 2.05) is 36.4 Å². The highest BCUT2D eigenvalue weighted by atomic mass is 32.2. The zero-order valence-corrected chi connectivity index (χ0v) is 22.3. The number of H-pyrrole nitrogens is 1. The highest BCUT2D eigenvalue weighted by Gasteiger charge is 2.25. The van der Waals surface area contributed by atoms with Gasteiger partial charge in [-0.1, -0.05) is 36.4 Å². The van der Waals surface area contributed by atoms with Crippen molar-refractivity contribution in [3.05, 3.63) is 60.7 Å². The van der Waals surface area contributed by atoms with Gasteiger partial charge in [0.1, 0.15) is 5.75 Å². The van der Waals surface area contributed by atoms with E-state index < -0.39 is 9.84 Å². The summed E-state index contributed by atoms with van der Waals surface area (Å²) >= 11 is 0. The zero-order chi connectivity index (χ0) is 26.4. The molecule has 2 aliphatic heterocycles. The van der Waals surface area contributed by atoms with Gasteiger partial charge in [0.2, 0.25) is 9.84 Å². The lowest BCUT2D eigenvalue weighted by Gasteiger charge is -2.22. The van der Waals surface area contributed by atoms with Gasteiger partial charge >= 0.3 is 0 Å². The van der Waals surface area contributed by atoms with Crippen LogP contribution in [0.1, 0.15) is 25.7 Å². The lowest BCUT2D eigenvalue weighted by Crippen LogP contribution is -2.33. The van der Waals surface area contributed by atoms with E-state index in [2.05, 4.69) is 20.8 Å². The standard InChI is InChI=1S/C23H23N3O3S.C6H13NO/c27-30(28,22-9-3-7-17-6-1-2-8-19(17)22)23-20-13-18(10-11-21(20)25-26-23)29-15-16-5-4-12-24-14-16;8-5-6-2-1-3-7-4-6/h1-3,6-11,13,16,24H,4-5,12,14-15H2,(H,25,26);6-8H,1-5H2. The molecule has 1 aromatic heterocycles. The Morgan fingerprint density at radius 1 is 0.895 bits per heavy atom. The molecule has 2 aliphatic rings. The lowest BCUT2D eigenvalue weighted by atomic mass is 10.0. The summed E-state index contributed by atoms with van der Waals surface area (Å²) in [5, 5.41) is 24.4. The molecule has 38 heavy (non-hydrogen) atoms. The number of nitrogens with zero attached hydrogens (tertiary/aromatic N) is 1. The molecule has 2 saturated heterocycles. The summed E-state index contributed by atoms with van der Waals surface area (Å²) in [5.74, 6) is 1.66. The molecule has 0 saturated carbocycles. The second-order valence-corrected chi connectivity index (χ2v) is 12.0. The molecule has 0 spiro atoms.